The van der Waals surface area contributed by atoms with Crippen LogP contribution in [0.5, 0.6) is 0 Å². The first-order chi connectivity index (χ1) is 11.0. The SMILES string of the molecule is CCOC(=O)c1c(NC(=O)CN(C)C(C)CC)sc2c1CCC2. The number of carbonyl (C=O) groups is 2. The molecule has 1 unspecified atom stereocenters. The van der Waals surface area contributed by atoms with Crippen LogP contribution in [-0.2, 0) is 22.4 Å². The molecule has 1 aliphatic rings. The van der Waals surface area contributed by atoms with Crippen molar-refractivity contribution in [2.45, 2.75) is 52.5 Å². The van der Waals surface area contributed by atoms with Crippen molar-refractivity contribution in [1.82, 2.24) is 4.90 Å². The Hall–Kier alpha value is -1.40. The number of ether oxygens (including phenoxy) is 1. The third-order valence-corrected chi connectivity index (χ3v) is 5.60. The second kappa shape index (κ2) is 7.93. The number of anilines is 1. The summed E-state index contributed by atoms with van der Waals surface area (Å²) in [7, 11) is 1.94. The highest BCUT2D eigenvalue weighted by atomic mass is 32.1. The first-order valence-electron chi connectivity index (χ1n) is 8.29. The molecular weight excluding hydrogens is 312 g/mol. The van der Waals surface area contributed by atoms with Crippen LogP contribution in [0.1, 0.15) is 54.4 Å². The van der Waals surface area contributed by atoms with E-state index < -0.39 is 0 Å². The first-order valence-corrected chi connectivity index (χ1v) is 9.11. The number of thiophene rings is 1. The number of rotatable bonds is 7. The fourth-order valence-electron chi connectivity index (χ4n) is 2.77. The lowest BCUT2D eigenvalue weighted by Gasteiger charge is -2.22. The van der Waals surface area contributed by atoms with Gasteiger partial charge in [-0.05, 0) is 52.1 Å². The van der Waals surface area contributed by atoms with Crippen LogP contribution in [0.4, 0.5) is 5.00 Å². The second-order valence-electron chi connectivity index (χ2n) is 6.00. The van der Waals surface area contributed by atoms with Crippen molar-refractivity contribution in [3.63, 3.8) is 0 Å². The van der Waals surface area contributed by atoms with Gasteiger partial charge in [0.1, 0.15) is 5.00 Å². The third-order valence-electron chi connectivity index (χ3n) is 4.39. The summed E-state index contributed by atoms with van der Waals surface area (Å²) in [5, 5.41) is 3.58. The van der Waals surface area contributed by atoms with Crippen molar-refractivity contribution < 1.29 is 14.3 Å². The molecular formula is C17H26N2O3S. The van der Waals surface area contributed by atoms with Gasteiger partial charge in [0, 0.05) is 10.9 Å². The Bertz CT molecular complexity index is 583. The van der Waals surface area contributed by atoms with E-state index in [1.54, 1.807) is 6.92 Å². The molecule has 0 aliphatic heterocycles. The van der Waals surface area contributed by atoms with E-state index in [2.05, 4.69) is 19.2 Å². The predicted molar refractivity (Wildman–Crippen MR) is 93.3 cm³/mol. The molecule has 1 aliphatic carbocycles. The maximum atomic E-state index is 12.3. The zero-order valence-corrected chi connectivity index (χ0v) is 15.2. The lowest BCUT2D eigenvalue weighted by atomic mass is 10.1. The van der Waals surface area contributed by atoms with Gasteiger partial charge >= 0.3 is 5.97 Å². The van der Waals surface area contributed by atoms with Gasteiger partial charge in [-0.1, -0.05) is 6.92 Å². The fourth-order valence-corrected chi connectivity index (χ4v) is 4.07. The standard InChI is InChI=1S/C17H26N2O3S/c1-5-11(3)19(4)10-14(20)18-16-15(17(21)22-6-2)12-8-7-9-13(12)23-16/h11H,5-10H2,1-4H3,(H,18,20). The van der Waals surface area contributed by atoms with Gasteiger partial charge in [-0.25, -0.2) is 4.79 Å². The molecule has 0 bridgehead atoms. The van der Waals surface area contributed by atoms with E-state index in [1.807, 2.05) is 11.9 Å². The lowest BCUT2D eigenvalue weighted by Crippen LogP contribution is -2.36. The second-order valence-corrected chi connectivity index (χ2v) is 7.11. The summed E-state index contributed by atoms with van der Waals surface area (Å²) in [6, 6.07) is 0.346. The van der Waals surface area contributed by atoms with Crippen LogP contribution in [-0.4, -0.2) is 43.0 Å². The van der Waals surface area contributed by atoms with Crippen molar-refractivity contribution >= 4 is 28.2 Å². The Balaban J connectivity index is 2.13. The molecule has 23 heavy (non-hydrogen) atoms. The van der Waals surface area contributed by atoms with Crippen LogP contribution >= 0.6 is 11.3 Å². The molecule has 0 saturated heterocycles. The Labute approximate surface area is 142 Å². The molecule has 1 amide bonds. The van der Waals surface area contributed by atoms with Crippen molar-refractivity contribution in [3.8, 4) is 0 Å². The highest BCUT2D eigenvalue weighted by molar-refractivity contribution is 7.17. The molecule has 1 N–H and O–H groups in total. The summed E-state index contributed by atoms with van der Waals surface area (Å²) in [6.45, 7) is 6.65. The average Bonchev–Trinajstić information content (AvgIpc) is 3.06. The molecule has 1 aromatic heterocycles. The minimum Gasteiger partial charge on any atom is -0.462 e. The zero-order chi connectivity index (χ0) is 17.0. The molecule has 2 rings (SSSR count). The van der Waals surface area contributed by atoms with Gasteiger partial charge in [0.25, 0.3) is 0 Å². The summed E-state index contributed by atoms with van der Waals surface area (Å²) in [5.41, 5.74) is 1.64. The van der Waals surface area contributed by atoms with Gasteiger partial charge in [-0.3, -0.25) is 9.69 Å². The average molecular weight is 338 g/mol. The Kier molecular flexibility index (Phi) is 6.18. The van der Waals surface area contributed by atoms with E-state index in [-0.39, 0.29) is 11.9 Å². The molecule has 0 spiro atoms. The van der Waals surface area contributed by atoms with E-state index in [0.717, 1.165) is 31.2 Å². The Morgan fingerprint density at radius 1 is 1.35 bits per heavy atom. The van der Waals surface area contributed by atoms with Crippen LogP contribution in [0.15, 0.2) is 0 Å². The van der Waals surface area contributed by atoms with Crippen molar-refractivity contribution in [3.05, 3.63) is 16.0 Å². The normalized spacial score (nSPS) is 14.7. The Morgan fingerprint density at radius 2 is 2.09 bits per heavy atom. The molecule has 1 aromatic rings. The minimum absolute atomic E-state index is 0.0849. The number of likely N-dealkylation sites (N-methyl/N-ethyl adjacent to an activating group) is 1. The summed E-state index contributed by atoms with van der Waals surface area (Å²) >= 11 is 1.52. The maximum Gasteiger partial charge on any atom is 0.341 e. The first kappa shape index (κ1) is 17.9. The highest BCUT2D eigenvalue weighted by Crippen LogP contribution is 2.39. The molecule has 1 atom stereocenters. The van der Waals surface area contributed by atoms with Gasteiger partial charge in [-0.15, -0.1) is 11.3 Å². The molecule has 1 heterocycles. The largest absolute Gasteiger partial charge is 0.462 e. The van der Waals surface area contributed by atoms with Crippen LogP contribution < -0.4 is 5.32 Å². The number of carbonyl (C=O) groups excluding carboxylic acids is 2. The van der Waals surface area contributed by atoms with Crippen LogP contribution in [0, 0.1) is 0 Å². The molecule has 0 fully saturated rings. The number of nitrogens with zero attached hydrogens (tertiary/aromatic N) is 1. The summed E-state index contributed by atoms with van der Waals surface area (Å²) in [6.07, 6.45) is 3.93. The lowest BCUT2D eigenvalue weighted by molar-refractivity contribution is -0.117. The number of amides is 1. The quantitative estimate of drug-likeness (QED) is 0.776. The van der Waals surface area contributed by atoms with Crippen LogP contribution in [0.25, 0.3) is 0 Å². The molecule has 0 radical (unpaired) electrons. The third kappa shape index (κ3) is 4.12. The van der Waals surface area contributed by atoms with Crippen LogP contribution in [0.2, 0.25) is 0 Å². The highest BCUT2D eigenvalue weighted by Gasteiger charge is 2.28. The predicted octanol–water partition coefficient (Wildman–Crippen LogP) is 3.08. The van der Waals surface area contributed by atoms with Gasteiger partial charge in [0.15, 0.2) is 0 Å². The molecule has 0 saturated carbocycles. The molecule has 0 aromatic carbocycles. The van der Waals surface area contributed by atoms with Crippen LogP contribution in [0.3, 0.4) is 0 Å². The Morgan fingerprint density at radius 3 is 2.74 bits per heavy atom. The van der Waals surface area contributed by atoms with Crippen molar-refractivity contribution in [1.29, 1.82) is 0 Å². The van der Waals surface area contributed by atoms with Gasteiger partial charge < -0.3 is 10.1 Å². The zero-order valence-electron chi connectivity index (χ0n) is 14.4. The topological polar surface area (TPSA) is 58.6 Å². The van der Waals surface area contributed by atoms with E-state index in [9.17, 15) is 9.59 Å². The number of fused-ring (bicyclic) bond motifs is 1. The summed E-state index contributed by atoms with van der Waals surface area (Å²) < 4.78 is 5.18. The number of nitrogens with one attached hydrogen (secondary N) is 1. The van der Waals surface area contributed by atoms with Crippen molar-refractivity contribution in [2.75, 3.05) is 25.5 Å². The van der Waals surface area contributed by atoms with Gasteiger partial charge in [0.2, 0.25) is 5.91 Å². The smallest absolute Gasteiger partial charge is 0.341 e. The van der Waals surface area contributed by atoms with E-state index in [0.29, 0.717) is 29.8 Å². The van der Waals surface area contributed by atoms with Gasteiger partial charge in [-0.2, -0.15) is 0 Å². The number of aryl methyl sites for hydroxylation is 1. The minimum atomic E-state index is -0.322. The van der Waals surface area contributed by atoms with E-state index in [1.165, 1.54) is 16.2 Å². The maximum absolute atomic E-state index is 12.3. The van der Waals surface area contributed by atoms with Crippen molar-refractivity contribution in [2.24, 2.45) is 0 Å². The molecule has 5 nitrogen and oxygen atoms in total. The van der Waals surface area contributed by atoms with E-state index >= 15 is 0 Å². The summed E-state index contributed by atoms with van der Waals surface area (Å²) in [5.74, 6) is -0.407. The molecule has 128 valence electrons. The number of hydrogen-bond acceptors (Lipinski definition) is 5. The van der Waals surface area contributed by atoms with Gasteiger partial charge in [0.05, 0.1) is 18.7 Å². The number of esters is 1. The molecule has 6 heteroatoms. The monoisotopic (exact) mass is 338 g/mol. The fraction of sp³-hybridized carbons (Fsp3) is 0.647. The van der Waals surface area contributed by atoms with E-state index in [4.69, 9.17) is 4.74 Å². The number of hydrogen-bond donors (Lipinski definition) is 1. The summed E-state index contributed by atoms with van der Waals surface area (Å²) in [4.78, 5) is 27.8.